The third-order valence-corrected chi connectivity index (χ3v) is 5.61. The van der Waals surface area contributed by atoms with Gasteiger partial charge in [0.05, 0.1) is 12.4 Å². The van der Waals surface area contributed by atoms with E-state index in [4.69, 9.17) is 20.8 Å². The van der Waals surface area contributed by atoms with Gasteiger partial charge in [-0.15, -0.1) is 0 Å². The van der Waals surface area contributed by atoms with Crippen molar-refractivity contribution in [2.75, 3.05) is 6.61 Å². The summed E-state index contributed by atoms with van der Waals surface area (Å²) in [4.78, 5) is 12.4. The number of halogens is 1. The topological polar surface area (TPSA) is 68.5 Å². The van der Waals surface area contributed by atoms with Crippen molar-refractivity contribution in [2.24, 2.45) is 0 Å². The Hall–Kier alpha value is -2.57. The molecule has 1 N–H and O–H groups in total. The highest BCUT2D eigenvalue weighted by Gasteiger charge is 2.14. The van der Waals surface area contributed by atoms with Crippen LogP contribution in [0.15, 0.2) is 65.1 Å². The Morgan fingerprint density at radius 3 is 2.72 bits per heavy atom. The number of carbonyl (C=O) groups is 1. The van der Waals surface area contributed by atoms with E-state index in [1.807, 2.05) is 43.3 Å². The highest BCUT2D eigenvalue weighted by atomic mass is 35.5. The van der Waals surface area contributed by atoms with Gasteiger partial charge < -0.3 is 14.5 Å². The minimum absolute atomic E-state index is 0.189. The molecule has 0 aliphatic rings. The summed E-state index contributed by atoms with van der Waals surface area (Å²) in [7, 11) is -1.17. The van der Waals surface area contributed by atoms with Crippen LogP contribution >= 0.6 is 11.6 Å². The lowest BCUT2D eigenvalue weighted by atomic mass is 10.2. The summed E-state index contributed by atoms with van der Waals surface area (Å²) in [5.41, 5.74) is 1.78. The molecule has 0 fully saturated rings. The van der Waals surface area contributed by atoms with Gasteiger partial charge in [0.25, 0.3) is 5.91 Å². The molecule has 1 heterocycles. The van der Waals surface area contributed by atoms with Gasteiger partial charge in [-0.2, -0.15) is 0 Å². The summed E-state index contributed by atoms with van der Waals surface area (Å²) in [6.07, 6.45) is 0. The van der Waals surface area contributed by atoms with E-state index in [2.05, 4.69) is 5.32 Å². The number of para-hydroxylation sites is 1. The number of hydrogen-bond donors (Lipinski definition) is 1. The van der Waals surface area contributed by atoms with E-state index in [0.717, 1.165) is 16.9 Å². The lowest BCUT2D eigenvalue weighted by Crippen LogP contribution is -2.22. The quantitative estimate of drug-likeness (QED) is 0.532. The van der Waals surface area contributed by atoms with Gasteiger partial charge in [-0.25, -0.2) is 0 Å². The zero-order valence-corrected chi connectivity index (χ0v) is 17.6. The molecule has 7 heteroatoms. The Labute approximate surface area is 177 Å². The zero-order chi connectivity index (χ0) is 20.6. The average Bonchev–Trinajstić information content (AvgIpc) is 3.15. The van der Waals surface area contributed by atoms with E-state index < -0.39 is 10.8 Å². The molecule has 0 unspecified atom stereocenters. The number of amides is 1. The second kappa shape index (κ2) is 10.3. The van der Waals surface area contributed by atoms with Crippen molar-refractivity contribution in [3.05, 3.63) is 88.3 Å². The second-order valence-electron chi connectivity index (χ2n) is 6.35. The summed E-state index contributed by atoms with van der Waals surface area (Å²) in [5, 5.41) is 3.44. The normalized spacial score (nSPS) is 11.8. The largest absolute Gasteiger partial charge is 0.494 e. The summed E-state index contributed by atoms with van der Waals surface area (Å²) in [5.74, 6) is 1.71. The second-order valence-corrected chi connectivity index (χ2v) is 8.24. The molecule has 1 amide bonds. The Morgan fingerprint density at radius 1 is 1.10 bits per heavy atom. The Morgan fingerprint density at radius 2 is 1.93 bits per heavy atom. The van der Waals surface area contributed by atoms with E-state index in [-0.39, 0.29) is 17.4 Å². The molecule has 0 aliphatic heterocycles. The number of rotatable bonds is 9. The number of hydrogen-bond acceptors (Lipinski definition) is 4. The highest BCUT2D eigenvalue weighted by Crippen LogP contribution is 2.18. The van der Waals surface area contributed by atoms with Crippen LogP contribution in [0.1, 0.15) is 34.4 Å². The molecule has 0 saturated carbocycles. The van der Waals surface area contributed by atoms with Crippen LogP contribution in [0.3, 0.4) is 0 Å². The number of furan rings is 1. The van der Waals surface area contributed by atoms with Crippen LogP contribution in [0.5, 0.6) is 5.75 Å². The lowest BCUT2D eigenvalue weighted by Gasteiger charge is -2.10. The number of nitrogens with one attached hydrogen (secondary N) is 1. The minimum Gasteiger partial charge on any atom is -0.494 e. The van der Waals surface area contributed by atoms with Gasteiger partial charge in [0, 0.05) is 33.7 Å². The van der Waals surface area contributed by atoms with Crippen molar-refractivity contribution < 1.29 is 18.2 Å². The molecule has 2 aromatic carbocycles. The minimum atomic E-state index is -1.17. The Bertz CT molecular complexity index is 1000. The standard InChI is InChI=1S/C22H22ClNO4S/c1-2-27-20-9-4-3-7-17(20)13-24-22(25)21-11-10-19(28-21)15-29(26)14-16-6-5-8-18(23)12-16/h3-12H,2,13-15H2,1H3,(H,24,25)/t29-/m0/s1. The lowest BCUT2D eigenvalue weighted by molar-refractivity contribution is 0.0921. The summed E-state index contributed by atoms with van der Waals surface area (Å²) >= 11 is 5.96. The molecule has 0 aliphatic carbocycles. The number of ether oxygens (including phenoxy) is 1. The Kier molecular flexibility index (Phi) is 7.49. The van der Waals surface area contributed by atoms with Gasteiger partial charge in [0.1, 0.15) is 11.5 Å². The van der Waals surface area contributed by atoms with Gasteiger partial charge >= 0.3 is 0 Å². The van der Waals surface area contributed by atoms with Crippen molar-refractivity contribution in [2.45, 2.75) is 25.0 Å². The van der Waals surface area contributed by atoms with Gasteiger partial charge in [-0.1, -0.05) is 41.9 Å². The third kappa shape index (κ3) is 6.21. The van der Waals surface area contributed by atoms with Crippen LogP contribution < -0.4 is 10.1 Å². The van der Waals surface area contributed by atoms with Crippen molar-refractivity contribution in [1.29, 1.82) is 0 Å². The smallest absolute Gasteiger partial charge is 0.287 e. The first-order valence-corrected chi connectivity index (χ1v) is 11.1. The van der Waals surface area contributed by atoms with Crippen molar-refractivity contribution in [1.82, 2.24) is 5.32 Å². The SMILES string of the molecule is CCOc1ccccc1CNC(=O)c1ccc(C[S@@](=O)Cc2cccc(Cl)c2)o1. The summed E-state index contributed by atoms with van der Waals surface area (Å²) in [6, 6.07) is 18.1. The van der Waals surface area contributed by atoms with Crippen molar-refractivity contribution in [3.8, 4) is 5.75 Å². The number of benzene rings is 2. The molecule has 29 heavy (non-hydrogen) atoms. The molecule has 5 nitrogen and oxygen atoms in total. The van der Waals surface area contributed by atoms with Crippen LogP contribution in [0, 0.1) is 0 Å². The Balaban J connectivity index is 1.55. The molecule has 1 atom stereocenters. The molecule has 0 saturated heterocycles. The first kappa shape index (κ1) is 21.1. The molecular formula is C22H22ClNO4S. The van der Waals surface area contributed by atoms with E-state index in [9.17, 15) is 9.00 Å². The summed E-state index contributed by atoms with van der Waals surface area (Å²) < 4.78 is 23.5. The molecular weight excluding hydrogens is 410 g/mol. The van der Waals surface area contributed by atoms with Crippen molar-refractivity contribution >= 4 is 28.3 Å². The van der Waals surface area contributed by atoms with Crippen LogP contribution in [-0.2, 0) is 28.9 Å². The molecule has 152 valence electrons. The third-order valence-electron chi connectivity index (χ3n) is 4.12. The van der Waals surface area contributed by atoms with Crippen LogP contribution in [0.25, 0.3) is 0 Å². The fraction of sp³-hybridized carbons (Fsp3) is 0.227. The van der Waals surface area contributed by atoms with E-state index in [1.165, 1.54) is 0 Å². The molecule has 1 aromatic heterocycles. The monoisotopic (exact) mass is 431 g/mol. The molecule has 0 bridgehead atoms. The number of carbonyl (C=O) groups excluding carboxylic acids is 1. The maximum absolute atomic E-state index is 12.4. The maximum atomic E-state index is 12.4. The highest BCUT2D eigenvalue weighted by molar-refractivity contribution is 7.83. The first-order valence-electron chi connectivity index (χ1n) is 9.22. The van der Waals surface area contributed by atoms with Crippen LogP contribution in [-0.4, -0.2) is 16.7 Å². The average molecular weight is 432 g/mol. The van der Waals surface area contributed by atoms with E-state index in [1.54, 1.807) is 24.3 Å². The predicted molar refractivity (Wildman–Crippen MR) is 114 cm³/mol. The molecule has 3 aromatic rings. The van der Waals surface area contributed by atoms with E-state index in [0.29, 0.717) is 29.7 Å². The zero-order valence-electron chi connectivity index (χ0n) is 16.0. The molecule has 3 rings (SSSR count). The van der Waals surface area contributed by atoms with Gasteiger partial charge in [-0.3, -0.25) is 9.00 Å². The van der Waals surface area contributed by atoms with Crippen LogP contribution in [0.2, 0.25) is 5.02 Å². The van der Waals surface area contributed by atoms with Gasteiger partial charge in [0.15, 0.2) is 5.76 Å². The van der Waals surface area contributed by atoms with Gasteiger partial charge in [0.2, 0.25) is 0 Å². The first-order chi connectivity index (χ1) is 14.0. The predicted octanol–water partition coefficient (Wildman–Crippen LogP) is 4.71. The fourth-order valence-electron chi connectivity index (χ4n) is 2.81. The molecule has 0 radical (unpaired) electrons. The van der Waals surface area contributed by atoms with E-state index >= 15 is 0 Å². The van der Waals surface area contributed by atoms with Crippen LogP contribution in [0.4, 0.5) is 0 Å². The maximum Gasteiger partial charge on any atom is 0.287 e. The molecule has 0 spiro atoms. The van der Waals surface area contributed by atoms with Gasteiger partial charge in [-0.05, 0) is 42.8 Å². The van der Waals surface area contributed by atoms with Crippen molar-refractivity contribution in [3.63, 3.8) is 0 Å². The fourth-order valence-corrected chi connectivity index (χ4v) is 4.15. The summed E-state index contributed by atoms with van der Waals surface area (Å²) in [6.45, 7) is 2.79.